The Morgan fingerprint density at radius 2 is 2.05 bits per heavy atom. The van der Waals surface area contributed by atoms with Gasteiger partial charge in [0.15, 0.2) is 0 Å². The average Bonchev–Trinajstić information content (AvgIpc) is 2.81. The maximum Gasteiger partial charge on any atom is 0.335 e. The van der Waals surface area contributed by atoms with Crippen LogP contribution in [0.5, 0.6) is 0 Å². The lowest BCUT2D eigenvalue weighted by Gasteiger charge is -1.98. The summed E-state index contributed by atoms with van der Waals surface area (Å²) < 4.78 is 0. The van der Waals surface area contributed by atoms with Crippen LogP contribution in [-0.2, 0) is 0 Å². The lowest BCUT2D eigenvalue weighted by Crippen LogP contribution is -1.97. The molecule has 3 rings (SSSR count). The third kappa shape index (κ3) is 2.18. The van der Waals surface area contributed by atoms with Crippen molar-refractivity contribution in [2.24, 2.45) is 0 Å². The summed E-state index contributed by atoms with van der Waals surface area (Å²) in [5.74, 6) is -0.970. The molecule has 0 amide bonds. The molecule has 3 aromatic rings. The number of benzene rings is 1. The van der Waals surface area contributed by atoms with Crippen LogP contribution in [-0.4, -0.2) is 21.0 Å². The highest BCUT2D eigenvalue weighted by atomic mass is 35.5. The van der Waals surface area contributed by atoms with Gasteiger partial charge in [-0.05, 0) is 30.3 Å². The monoisotopic (exact) mass is 272 g/mol. The molecule has 2 N–H and O–H groups in total. The van der Waals surface area contributed by atoms with Crippen molar-refractivity contribution in [2.75, 3.05) is 0 Å². The molecule has 0 aliphatic carbocycles. The van der Waals surface area contributed by atoms with E-state index in [0.29, 0.717) is 10.7 Å². The molecule has 5 heteroatoms. The Morgan fingerprint density at radius 1 is 1.21 bits per heavy atom. The molecule has 0 aliphatic heterocycles. The number of nitrogens with zero attached hydrogens (tertiary/aromatic N) is 1. The predicted molar refractivity (Wildman–Crippen MR) is 73.5 cm³/mol. The number of carboxylic acid groups (broad SMARTS) is 1. The van der Waals surface area contributed by atoms with Crippen molar-refractivity contribution in [1.29, 1.82) is 0 Å². The largest absolute Gasteiger partial charge is 0.478 e. The zero-order valence-electron chi connectivity index (χ0n) is 9.72. The first kappa shape index (κ1) is 11.7. The van der Waals surface area contributed by atoms with Crippen LogP contribution in [0, 0.1) is 0 Å². The van der Waals surface area contributed by atoms with Gasteiger partial charge >= 0.3 is 5.97 Å². The van der Waals surface area contributed by atoms with Crippen molar-refractivity contribution in [3.8, 4) is 11.4 Å². The molecular formula is C14H9ClN2O2. The second-order valence-corrected chi connectivity index (χ2v) is 4.59. The van der Waals surface area contributed by atoms with Gasteiger partial charge in [0.1, 0.15) is 0 Å². The minimum Gasteiger partial charge on any atom is -0.478 e. The normalized spacial score (nSPS) is 10.8. The summed E-state index contributed by atoms with van der Waals surface area (Å²) in [5.41, 5.74) is 2.46. The van der Waals surface area contributed by atoms with E-state index in [0.717, 1.165) is 16.6 Å². The highest BCUT2D eigenvalue weighted by molar-refractivity contribution is 6.31. The molecule has 2 heterocycles. The van der Waals surface area contributed by atoms with Crippen LogP contribution in [0.15, 0.2) is 42.6 Å². The van der Waals surface area contributed by atoms with Gasteiger partial charge in [0.2, 0.25) is 0 Å². The number of H-pyrrole nitrogens is 1. The second kappa shape index (κ2) is 4.40. The van der Waals surface area contributed by atoms with E-state index in [-0.39, 0.29) is 5.56 Å². The van der Waals surface area contributed by atoms with E-state index >= 15 is 0 Å². The molecule has 4 nitrogen and oxygen atoms in total. The van der Waals surface area contributed by atoms with Crippen molar-refractivity contribution in [3.05, 3.63) is 53.2 Å². The smallest absolute Gasteiger partial charge is 0.335 e. The third-order valence-corrected chi connectivity index (χ3v) is 3.10. The van der Waals surface area contributed by atoms with E-state index in [4.69, 9.17) is 16.7 Å². The summed E-state index contributed by atoms with van der Waals surface area (Å²) in [6.07, 6.45) is 1.48. The predicted octanol–water partition coefficient (Wildman–Crippen LogP) is 3.58. The van der Waals surface area contributed by atoms with Gasteiger partial charge in [0, 0.05) is 22.1 Å². The first-order chi connectivity index (χ1) is 9.13. The zero-order valence-corrected chi connectivity index (χ0v) is 10.5. The molecule has 1 aromatic carbocycles. The lowest BCUT2D eigenvalue weighted by atomic mass is 10.2. The number of rotatable bonds is 2. The molecule has 0 unspecified atom stereocenters. The van der Waals surface area contributed by atoms with Gasteiger partial charge in [-0.2, -0.15) is 0 Å². The van der Waals surface area contributed by atoms with E-state index in [1.54, 1.807) is 0 Å². The molecule has 0 bridgehead atoms. The summed E-state index contributed by atoms with van der Waals surface area (Å²) in [6, 6.07) is 10.4. The van der Waals surface area contributed by atoms with E-state index in [1.807, 2.05) is 24.3 Å². The SMILES string of the molecule is O=C(O)c1ccnc(-c2cc3ccc(Cl)cc3[nH]2)c1. The van der Waals surface area contributed by atoms with Gasteiger partial charge in [0.25, 0.3) is 0 Å². The average molecular weight is 273 g/mol. The number of aromatic amines is 1. The van der Waals surface area contributed by atoms with Crippen molar-refractivity contribution in [2.45, 2.75) is 0 Å². The molecule has 0 saturated heterocycles. The summed E-state index contributed by atoms with van der Waals surface area (Å²) in [6.45, 7) is 0. The van der Waals surface area contributed by atoms with E-state index in [1.165, 1.54) is 18.3 Å². The minimum atomic E-state index is -0.970. The summed E-state index contributed by atoms with van der Waals surface area (Å²) in [4.78, 5) is 18.3. The van der Waals surface area contributed by atoms with E-state index in [9.17, 15) is 4.79 Å². The van der Waals surface area contributed by atoms with Crippen LogP contribution in [0.3, 0.4) is 0 Å². The highest BCUT2D eigenvalue weighted by Gasteiger charge is 2.08. The van der Waals surface area contributed by atoms with Crippen LogP contribution in [0.1, 0.15) is 10.4 Å². The summed E-state index contributed by atoms with van der Waals surface area (Å²) in [7, 11) is 0. The first-order valence-corrected chi connectivity index (χ1v) is 5.99. The number of carbonyl (C=O) groups is 1. The molecule has 0 fully saturated rings. The van der Waals surface area contributed by atoms with Gasteiger partial charge in [-0.25, -0.2) is 4.79 Å². The van der Waals surface area contributed by atoms with Gasteiger partial charge in [-0.15, -0.1) is 0 Å². The van der Waals surface area contributed by atoms with Crippen LogP contribution in [0.4, 0.5) is 0 Å². The van der Waals surface area contributed by atoms with Crippen molar-refractivity contribution < 1.29 is 9.90 Å². The number of fused-ring (bicyclic) bond motifs is 1. The minimum absolute atomic E-state index is 0.210. The number of hydrogen-bond donors (Lipinski definition) is 2. The number of aromatic carboxylic acids is 1. The summed E-state index contributed by atoms with van der Waals surface area (Å²) in [5, 5.41) is 10.6. The second-order valence-electron chi connectivity index (χ2n) is 4.15. The fourth-order valence-corrected chi connectivity index (χ4v) is 2.12. The molecule has 0 aliphatic rings. The quantitative estimate of drug-likeness (QED) is 0.749. The van der Waals surface area contributed by atoms with Crippen LogP contribution >= 0.6 is 11.6 Å². The Balaban J connectivity index is 2.13. The van der Waals surface area contributed by atoms with Crippen molar-refractivity contribution in [1.82, 2.24) is 9.97 Å². The summed E-state index contributed by atoms with van der Waals surface area (Å²) >= 11 is 5.93. The van der Waals surface area contributed by atoms with Crippen LogP contribution in [0.25, 0.3) is 22.3 Å². The van der Waals surface area contributed by atoms with Gasteiger partial charge in [-0.1, -0.05) is 17.7 Å². The molecular weight excluding hydrogens is 264 g/mol. The topological polar surface area (TPSA) is 66.0 Å². The first-order valence-electron chi connectivity index (χ1n) is 5.61. The van der Waals surface area contributed by atoms with Crippen LogP contribution in [0.2, 0.25) is 5.02 Å². The molecule has 94 valence electrons. The number of pyridine rings is 1. The Bertz CT molecular complexity index is 780. The van der Waals surface area contributed by atoms with Gasteiger partial charge < -0.3 is 10.1 Å². The Kier molecular flexibility index (Phi) is 2.72. The highest BCUT2D eigenvalue weighted by Crippen LogP contribution is 2.25. The maximum absolute atomic E-state index is 10.9. The number of carboxylic acids is 1. The molecule has 2 aromatic heterocycles. The zero-order chi connectivity index (χ0) is 13.4. The fraction of sp³-hybridized carbons (Fsp3) is 0. The molecule has 0 spiro atoms. The third-order valence-electron chi connectivity index (χ3n) is 2.87. The van der Waals surface area contributed by atoms with Crippen LogP contribution < -0.4 is 0 Å². The van der Waals surface area contributed by atoms with Crippen molar-refractivity contribution >= 4 is 28.5 Å². The van der Waals surface area contributed by atoms with E-state index in [2.05, 4.69) is 9.97 Å². The van der Waals surface area contributed by atoms with E-state index < -0.39 is 5.97 Å². The molecule has 19 heavy (non-hydrogen) atoms. The molecule has 0 radical (unpaired) electrons. The maximum atomic E-state index is 10.9. The van der Waals surface area contributed by atoms with Gasteiger partial charge in [0.05, 0.1) is 17.0 Å². The fourth-order valence-electron chi connectivity index (χ4n) is 1.95. The number of halogens is 1. The number of aromatic nitrogens is 2. The Hall–Kier alpha value is -2.33. The Morgan fingerprint density at radius 3 is 2.84 bits per heavy atom. The van der Waals surface area contributed by atoms with Crippen molar-refractivity contribution in [3.63, 3.8) is 0 Å². The lowest BCUT2D eigenvalue weighted by molar-refractivity contribution is 0.0697. The standard InChI is InChI=1S/C14H9ClN2O2/c15-10-2-1-8-5-13(17-11(8)7-10)12-6-9(14(18)19)3-4-16-12/h1-7,17H,(H,18,19). The number of hydrogen-bond acceptors (Lipinski definition) is 2. The Labute approximate surface area is 113 Å². The number of nitrogens with one attached hydrogen (secondary N) is 1. The van der Waals surface area contributed by atoms with Gasteiger partial charge in [-0.3, -0.25) is 4.98 Å². The molecule has 0 atom stereocenters. The molecule has 0 saturated carbocycles.